The fraction of sp³-hybridized carbons (Fsp3) is 0.286. The molecule has 0 bridgehead atoms. The van der Waals surface area contributed by atoms with Crippen LogP contribution in [0.1, 0.15) is 37.6 Å². The van der Waals surface area contributed by atoms with Crippen LogP contribution in [0.5, 0.6) is 0 Å². The number of thiophene rings is 1. The summed E-state index contributed by atoms with van der Waals surface area (Å²) in [7, 11) is 0. The second-order valence-corrected chi connectivity index (χ2v) is 7.87. The molecule has 0 saturated heterocycles. The van der Waals surface area contributed by atoms with Gasteiger partial charge in [0.15, 0.2) is 5.82 Å². The minimum atomic E-state index is -0.926. The summed E-state index contributed by atoms with van der Waals surface area (Å²) in [4.78, 5) is 21.9. The van der Waals surface area contributed by atoms with E-state index >= 15 is 0 Å². The van der Waals surface area contributed by atoms with Gasteiger partial charge in [-0.2, -0.15) is 0 Å². The van der Waals surface area contributed by atoms with Gasteiger partial charge in [-0.05, 0) is 56.3 Å². The fourth-order valence-electron chi connectivity index (χ4n) is 2.87. The first-order valence-electron chi connectivity index (χ1n) is 8.85. The van der Waals surface area contributed by atoms with Crippen LogP contribution in [0.4, 0.5) is 11.5 Å². The Hall–Kier alpha value is -2.73. The quantitative estimate of drug-likeness (QED) is 0.615. The van der Waals surface area contributed by atoms with Crippen molar-refractivity contribution in [2.45, 2.75) is 39.5 Å². The van der Waals surface area contributed by atoms with E-state index in [2.05, 4.69) is 17.2 Å². The van der Waals surface area contributed by atoms with Crippen molar-refractivity contribution in [3.05, 3.63) is 58.6 Å². The number of nitrogens with zero attached hydrogens (tertiary/aromatic N) is 2. The standard InChI is InChI=1S/C21H23N3O2S/c1-5-16-13(2)22-19(17-7-6-12-27-17)24-18(16)23-15-10-8-14(9-11-15)21(3,4)20(25)26/h6-12H,5H2,1-4H3,(H,25,26)(H,22,23,24). The van der Waals surface area contributed by atoms with Crippen molar-refractivity contribution in [1.29, 1.82) is 0 Å². The number of aliphatic carboxylic acids is 1. The Balaban J connectivity index is 1.94. The molecular weight excluding hydrogens is 358 g/mol. The molecule has 6 heteroatoms. The highest BCUT2D eigenvalue weighted by Crippen LogP contribution is 2.29. The van der Waals surface area contributed by atoms with Crippen LogP contribution in [-0.2, 0) is 16.6 Å². The van der Waals surface area contributed by atoms with Gasteiger partial charge >= 0.3 is 5.97 Å². The third-order valence-corrected chi connectivity index (χ3v) is 5.58. The number of aromatic nitrogens is 2. The number of carboxylic acids is 1. The maximum atomic E-state index is 11.4. The SMILES string of the molecule is CCc1c(C)nc(-c2cccs2)nc1Nc1ccc(C(C)(C)C(=O)O)cc1. The van der Waals surface area contributed by atoms with E-state index in [1.807, 2.05) is 48.7 Å². The van der Waals surface area contributed by atoms with E-state index in [1.165, 1.54) is 0 Å². The average Bonchev–Trinajstić information content (AvgIpc) is 3.16. The molecule has 0 fully saturated rings. The highest BCUT2D eigenvalue weighted by molar-refractivity contribution is 7.13. The van der Waals surface area contributed by atoms with Crippen LogP contribution >= 0.6 is 11.3 Å². The van der Waals surface area contributed by atoms with Gasteiger partial charge in [-0.15, -0.1) is 11.3 Å². The molecule has 0 aliphatic heterocycles. The molecule has 27 heavy (non-hydrogen) atoms. The van der Waals surface area contributed by atoms with E-state index < -0.39 is 11.4 Å². The van der Waals surface area contributed by atoms with Crippen molar-refractivity contribution in [2.24, 2.45) is 0 Å². The molecule has 2 N–H and O–H groups in total. The van der Waals surface area contributed by atoms with Gasteiger partial charge in [0, 0.05) is 16.9 Å². The van der Waals surface area contributed by atoms with Crippen LogP contribution in [0, 0.1) is 6.92 Å². The molecule has 3 rings (SSSR count). The van der Waals surface area contributed by atoms with Crippen LogP contribution in [0.3, 0.4) is 0 Å². The van der Waals surface area contributed by atoms with E-state index in [4.69, 9.17) is 4.98 Å². The molecule has 1 aromatic carbocycles. The second-order valence-electron chi connectivity index (χ2n) is 6.92. The van der Waals surface area contributed by atoms with E-state index in [0.717, 1.165) is 39.6 Å². The Kier molecular flexibility index (Phi) is 5.28. The Morgan fingerprint density at radius 2 is 1.89 bits per heavy atom. The Bertz CT molecular complexity index is 948. The summed E-state index contributed by atoms with van der Waals surface area (Å²) in [6, 6.07) is 11.5. The number of nitrogens with one attached hydrogen (secondary N) is 1. The summed E-state index contributed by atoms with van der Waals surface area (Å²) in [5.74, 6) is 0.660. The zero-order chi connectivity index (χ0) is 19.6. The van der Waals surface area contributed by atoms with Gasteiger partial charge < -0.3 is 10.4 Å². The third kappa shape index (κ3) is 3.85. The number of hydrogen-bond acceptors (Lipinski definition) is 5. The Labute approximate surface area is 163 Å². The van der Waals surface area contributed by atoms with Crippen molar-refractivity contribution >= 4 is 28.8 Å². The van der Waals surface area contributed by atoms with Crippen molar-refractivity contribution in [3.8, 4) is 10.7 Å². The van der Waals surface area contributed by atoms with Gasteiger partial charge in [-0.25, -0.2) is 9.97 Å². The zero-order valence-electron chi connectivity index (χ0n) is 15.9. The van der Waals surface area contributed by atoms with E-state index in [1.54, 1.807) is 25.2 Å². The maximum Gasteiger partial charge on any atom is 0.313 e. The van der Waals surface area contributed by atoms with Crippen LogP contribution in [-0.4, -0.2) is 21.0 Å². The normalized spacial score (nSPS) is 11.4. The molecule has 2 aromatic heterocycles. The largest absolute Gasteiger partial charge is 0.481 e. The van der Waals surface area contributed by atoms with Crippen LogP contribution in [0.15, 0.2) is 41.8 Å². The van der Waals surface area contributed by atoms with Gasteiger partial charge in [0.25, 0.3) is 0 Å². The molecule has 0 unspecified atom stereocenters. The highest BCUT2D eigenvalue weighted by Gasteiger charge is 2.29. The van der Waals surface area contributed by atoms with Crippen LogP contribution < -0.4 is 5.32 Å². The lowest BCUT2D eigenvalue weighted by Gasteiger charge is -2.20. The number of benzene rings is 1. The lowest BCUT2D eigenvalue weighted by molar-refractivity contribution is -0.142. The second kappa shape index (κ2) is 7.48. The Morgan fingerprint density at radius 1 is 1.19 bits per heavy atom. The number of carbonyl (C=O) groups is 1. The fourth-order valence-corrected chi connectivity index (χ4v) is 3.53. The van der Waals surface area contributed by atoms with E-state index in [0.29, 0.717) is 5.82 Å². The topological polar surface area (TPSA) is 75.1 Å². The Morgan fingerprint density at radius 3 is 2.44 bits per heavy atom. The summed E-state index contributed by atoms with van der Waals surface area (Å²) < 4.78 is 0. The number of hydrogen-bond donors (Lipinski definition) is 2. The van der Waals surface area contributed by atoms with Gasteiger partial charge in [0.2, 0.25) is 0 Å². The first-order valence-corrected chi connectivity index (χ1v) is 9.73. The molecule has 0 amide bonds. The minimum Gasteiger partial charge on any atom is -0.481 e. The van der Waals surface area contributed by atoms with Crippen molar-refractivity contribution in [1.82, 2.24) is 9.97 Å². The third-order valence-electron chi connectivity index (χ3n) is 4.71. The summed E-state index contributed by atoms with van der Waals surface area (Å²) in [5.41, 5.74) is 2.73. The summed E-state index contributed by atoms with van der Waals surface area (Å²) in [5, 5.41) is 14.8. The number of carboxylic acid groups (broad SMARTS) is 1. The number of anilines is 2. The molecule has 140 valence electrons. The monoisotopic (exact) mass is 381 g/mol. The van der Waals surface area contributed by atoms with Crippen molar-refractivity contribution in [3.63, 3.8) is 0 Å². The first-order chi connectivity index (χ1) is 12.8. The molecule has 5 nitrogen and oxygen atoms in total. The van der Waals surface area contributed by atoms with Gasteiger partial charge in [-0.3, -0.25) is 4.79 Å². The molecule has 0 radical (unpaired) electrons. The van der Waals surface area contributed by atoms with E-state index in [9.17, 15) is 9.90 Å². The first kappa shape index (κ1) is 19.0. The number of rotatable bonds is 6. The van der Waals surface area contributed by atoms with Gasteiger partial charge in [0.1, 0.15) is 5.82 Å². The van der Waals surface area contributed by atoms with E-state index in [-0.39, 0.29) is 0 Å². The molecule has 3 aromatic rings. The maximum absolute atomic E-state index is 11.4. The predicted molar refractivity (Wildman–Crippen MR) is 110 cm³/mol. The number of aryl methyl sites for hydroxylation is 1. The molecule has 0 spiro atoms. The van der Waals surface area contributed by atoms with Crippen LogP contribution in [0.2, 0.25) is 0 Å². The molecule has 2 heterocycles. The predicted octanol–water partition coefficient (Wildman–Crippen LogP) is 5.18. The smallest absolute Gasteiger partial charge is 0.313 e. The van der Waals surface area contributed by atoms with Gasteiger partial charge in [-0.1, -0.05) is 25.1 Å². The van der Waals surface area contributed by atoms with Crippen LogP contribution in [0.25, 0.3) is 10.7 Å². The lowest BCUT2D eigenvalue weighted by atomic mass is 9.85. The highest BCUT2D eigenvalue weighted by atomic mass is 32.1. The molecule has 0 aliphatic carbocycles. The summed E-state index contributed by atoms with van der Waals surface area (Å²) in [6.07, 6.45) is 0.822. The molecular formula is C21H23N3O2S. The minimum absolute atomic E-state index is 0.714. The summed E-state index contributed by atoms with van der Waals surface area (Å²) in [6.45, 7) is 7.49. The molecule has 0 saturated carbocycles. The zero-order valence-corrected chi connectivity index (χ0v) is 16.7. The van der Waals surface area contributed by atoms with Crippen molar-refractivity contribution in [2.75, 3.05) is 5.32 Å². The van der Waals surface area contributed by atoms with Gasteiger partial charge in [0.05, 0.1) is 10.3 Å². The van der Waals surface area contributed by atoms with Crippen molar-refractivity contribution < 1.29 is 9.90 Å². The summed E-state index contributed by atoms with van der Waals surface area (Å²) >= 11 is 1.61. The lowest BCUT2D eigenvalue weighted by Crippen LogP contribution is -2.28. The molecule has 0 atom stereocenters. The average molecular weight is 382 g/mol. The molecule has 0 aliphatic rings.